The molecule has 0 saturated heterocycles. The number of rotatable bonds is 4. The molecule has 2 aliphatic carbocycles. The first-order chi connectivity index (χ1) is 8.83. The Kier molecular flexibility index (Phi) is 4.50. The zero-order chi connectivity index (χ0) is 14.0. The minimum Gasteiger partial charge on any atom is -0.464 e. The Morgan fingerprint density at radius 3 is 2.26 bits per heavy atom. The van der Waals surface area contributed by atoms with Crippen LogP contribution in [0.1, 0.15) is 39.0 Å². The molecule has 0 aliphatic heterocycles. The molecule has 2 fully saturated rings. The maximum Gasteiger partial charge on any atom is 0.308 e. The minimum atomic E-state index is -4.05. The van der Waals surface area contributed by atoms with Crippen LogP contribution in [0, 0.1) is 23.7 Å². The van der Waals surface area contributed by atoms with E-state index in [0.717, 1.165) is 18.8 Å². The van der Waals surface area contributed by atoms with Gasteiger partial charge in [0.25, 0.3) is 10.1 Å². The molecular formula is C13H22O5S. The second-order valence-electron chi connectivity index (χ2n) is 6.17. The average molecular weight is 290 g/mol. The molecule has 2 saturated carbocycles. The van der Waals surface area contributed by atoms with E-state index in [-0.39, 0.29) is 18.5 Å². The van der Waals surface area contributed by atoms with E-state index < -0.39 is 15.9 Å². The third-order valence-electron chi connectivity index (χ3n) is 4.29. The number of hydrogen-bond donors (Lipinski definition) is 1. The molecule has 0 heterocycles. The Balaban J connectivity index is 1.81. The van der Waals surface area contributed by atoms with Gasteiger partial charge in [-0.25, -0.2) is 0 Å². The third-order valence-corrected chi connectivity index (χ3v) is 4.98. The van der Waals surface area contributed by atoms with E-state index in [2.05, 4.69) is 6.92 Å². The Bertz CT molecular complexity index is 412. The molecule has 6 heteroatoms. The van der Waals surface area contributed by atoms with Crippen LogP contribution < -0.4 is 0 Å². The van der Waals surface area contributed by atoms with E-state index >= 15 is 0 Å². The van der Waals surface area contributed by atoms with Gasteiger partial charge in [0, 0.05) is 0 Å². The summed E-state index contributed by atoms with van der Waals surface area (Å²) in [5.74, 6) is 1.07. The van der Waals surface area contributed by atoms with Crippen LogP contribution in [0.15, 0.2) is 0 Å². The Hall–Kier alpha value is -0.620. The van der Waals surface area contributed by atoms with E-state index in [9.17, 15) is 13.2 Å². The summed E-state index contributed by atoms with van der Waals surface area (Å²) in [6, 6.07) is 0. The van der Waals surface area contributed by atoms with Crippen LogP contribution in [0.3, 0.4) is 0 Å². The van der Waals surface area contributed by atoms with E-state index in [4.69, 9.17) is 9.29 Å². The van der Waals surface area contributed by atoms with Gasteiger partial charge in [0.05, 0.1) is 5.92 Å². The predicted octanol–water partition coefficient (Wildman–Crippen LogP) is 1.88. The van der Waals surface area contributed by atoms with E-state index in [1.165, 1.54) is 19.3 Å². The largest absolute Gasteiger partial charge is 0.464 e. The Morgan fingerprint density at radius 2 is 1.74 bits per heavy atom. The standard InChI is InChI=1S/C13H22O5S/c1-9-4-10-6-11(5-9)8-12(7-10)13(14)18-2-3-19(15,16)17/h9-12H,2-8H2,1H3,(H,15,16,17). The summed E-state index contributed by atoms with van der Waals surface area (Å²) in [5.41, 5.74) is 0. The van der Waals surface area contributed by atoms with Crippen molar-refractivity contribution in [1.82, 2.24) is 0 Å². The van der Waals surface area contributed by atoms with Gasteiger partial charge in [-0.3, -0.25) is 9.35 Å². The molecule has 2 rings (SSSR count). The smallest absolute Gasteiger partial charge is 0.308 e. The van der Waals surface area contributed by atoms with Gasteiger partial charge in [0.15, 0.2) is 0 Å². The maximum atomic E-state index is 11.9. The maximum absolute atomic E-state index is 11.9. The molecule has 110 valence electrons. The number of ether oxygens (including phenoxy) is 1. The molecule has 0 spiro atoms. The second-order valence-corrected chi connectivity index (χ2v) is 7.74. The van der Waals surface area contributed by atoms with E-state index in [1.54, 1.807) is 0 Å². The number of fused-ring (bicyclic) bond motifs is 2. The molecule has 0 radical (unpaired) electrons. The summed E-state index contributed by atoms with van der Waals surface area (Å²) in [5, 5.41) is 0. The summed E-state index contributed by atoms with van der Waals surface area (Å²) in [4.78, 5) is 11.9. The van der Waals surface area contributed by atoms with Gasteiger partial charge >= 0.3 is 5.97 Å². The highest BCUT2D eigenvalue weighted by Crippen LogP contribution is 2.44. The molecule has 0 amide bonds. The fraction of sp³-hybridized carbons (Fsp3) is 0.923. The van der Waals surface area contributed by atoms with Gasteiger partial charge in [-0.2, -0.15) is 8.42 Å². The van der Waals surface area contributed by atoms with Crippen molar-refractivity contribution >= 4 is 16.1 Å². The van der Waals surface area contributed by atoms with Crippen molar-refractivity contribution in [3.8, 4) is 0 Å². The van der Waals surface area contributed by atoms with Crippen molar-refractivity contribution in [2.75, 3.05) is 12.4 Å². The fourth-order valence-electron chi connectivity index (χ4n) is 3.74. The molecule has 19 heavy (non-hydrogen) atoms. The quantitative estimate of drug-likeness (QED) is 0.631. The molecular weight excluding hydrogens is 268 g/mol. The Morgan fingerprint density at radius 1 is 1.16 bits per heavy atom. The van der Waals surface area contributed by atoms with Crippen molar-refractivity contribution < 1.29 is 22.5 Å². The van der Waals surface area contributed by atoms with Gasteiger partial charge in [0.2, 0.25) is 0 Å². The number of carbonyl (C=O) groups is 1. The van der Waals surface area contributed by atoms with Crippen LogP contribution in [-0.4, -0.2) is 31.3 Å². The summed E-state index contributed by atoms with van der Waals surface area (Å²) >= 11 is 0. The van der Waals surface area contributed by atoms with Crippen LogP contribution in [0.5, 0.6) is 0 Å². The molecule has 0 aromatic rings. The van der Waals surface area contributed by atoms with Gasteiger partial charge in [0.1, 0.15) is 12.4 Å². The van der Waals surface area contributed by atoms with Gasteiger partial charge in [-0.05, 0) is 49.9 Å². The van der Waals surface area contributed by atoms with Crippen LogP contribution in [0.4, 0.5) is 0 Å². The molecule has 0 aromatic heterocycles. The fourth-order valence-corrected chi connectivity index (χ4v) is 4.04. The van der Waals surface area contributed by atoms with Crippen molar-refractivity contribution in [3.05, 3.63) is 0 Å². The first kappa shape index (κ1) is 14.8. The molecule has 2 aliphatic rings. The highest BCUT2D eigenvalue weighted by Gasteiger charge is 2.37. The van der Waals surface area contributed by atoms with E-state index in [0.29, 0.717) is 11.8 Å². The van der Waals surface area contributed by atoms with Gasteiger partial charge in [-0.15, -0.1) is 0 Å². The van der Waals surface area contributed by atoms with E-state index in [1.807, 2.05) is 0 Å². The SMILES string of the molecule is CC1CC2CC(C1)CC(C(=O)OCCS(=O)(=O)O)C2. The molecule has 2 atom stereocenters. The molecule has 2 bridgehead atoms. The first-order valence-electron chi connectivity index (χ1n) is 6.95. The lowest BCUT2D eigenvalue weighted by Crippen LogP contribution is -2.34. The van der Waals surface area contributed by atoms with Crippen molar-refractivity contribution in [2.24, 2.45) is 23.7 Å². The van der Waals surface area contributed by atoms with Crippen LogP contribution >= 0.6 is 0 Å². The lowest BCUT2D eigenvalue weighted by Gasteiger charge is -2.40. The Labute approximate surface area is 114 Å². The summed E-state index contributed by atoms with van der Waals surface area (Å²) in [6.45, 7) is 2.02. The summed E-state index contributed by atoms with van der Waals surface area (Å²) in [7, 11) is -4.05. The summed E-state index contributed by atoms with van der Waals surface area (Å²) < 4.78 is 34.7. The predicted molar refractivity (Wildman–Crippen MR) is 70.1 cm³/mol. The molecule has 2 unspecified atom stereocenters. The zero-order valence-corrected chi connectivity index (χ0v) is 12.1. The van der Waals surface area contributed by atoms with Gasteiger partial charge in [-0.1, -0.05) is 6.92 Å². The number of esters is 1. The lowest BCUT2D eigenvalue weighted by atomic mass is 9.65. The first-order valence-corrected chi connectivity index (χ1v) is 8.56. The average Bonchev–Trinajstić information content (AvgIpc) is 2.25. The summed E-state index contributed by atoms with van der Waals surface area (Å²) in [6.07, 6.45) is 5.33. The highest BCUT2D eigenvalue weighted by molar-refractivity contribution is 7.85. The second kappa shape index (κ2) is 5.79. The van der Waals surface area contributed by atoms with Crippen molar-refractivity contribution in [1.29, 1.82) is 0 Å². The lowest BCUT2D eigenvalue weighted by molar-refractivity contribution is -0.151. The normalized spacial score (nSPS) is 34.8. The van der Waals surface area contributed by atoms with Crippen molar-refractivity contribution in [3.63, 3.8) is 0 Å². The van der Waals surface area contributed by atoms with Crippen molar-refractivity contribution in [2.45, 2.75) is 39.0 Å². The number of hydrogen-bond acceptors (Lipinski definition) is 4. The monoisotopic (exact) mass is 290 g/mol. The number of carbonyl (C=O) groups excluding carboxylic acids is 1. The van der Waals surface area contributed by atoms with Crippen LogP contribution in [0.2, 0.25) is 0 Å². The minimum absolute atomic E-state index is 0.0855. The zero-order valence-electron chi connectivity index (χ0n) is 11.2. The van der Waals surface area contributed by atoms with Crippen LogP contribution in [-0.2, 0) is 19.6 Å². The highest BCUT2D eigenvalue weighted by atomic mass is 32.2. The topological polar surface area (TPSA) is 80.7 Å². The van der Waals surface area contributed by atoms with Gasteiger partial charge < -0.3 is 4.74 Å². The van der Waals surface area contributed by atoms with Crippen LogP contribution in [0.25, 0.3) is 0 Å². The molecule has 5 nitrogen and oxygen atoms in total. The molecule has 0 aromatic carbocycles. The third kappa shape index (κ3) is 4.45. The molecule has 1 N–H and O–H groups in total.